The van der Waals surface area contributed by atoms with E-state index in [1.807, 2.05) is 30.3 Å². The van der Waals surface area contributed by atoms with Crippen molar-refractivity contribution in [3.8, 4) is 22.9 Å². The molecule has 0 spiro atoms. The molecule has 1 N–H and O–H groups in total. The Morgan fingerprint density at radius 3 is 2.79 bits per heavy atom. The lowest BCUT2D eigenvalue weighted by atomic mass is 10.1. The molecule has 0 unspecified atom stereocenters. The quantitative estimate of drug-likeness (QED) is 0.460. The Bertz CT molecular complexity index is 1050. The summed E-state index contributed by atoms with van der Waals surface area (Å²) in [5, 5.41) is 20.0. The largest absolute Gasteiger partial charge is 0.270 e. The van der Waals surface area contributed by atoms with E-state index in [9.17, 15) is 10.1 Å². The average molecular weight is 317 g/mol. The second-order valence-electron chi connectivity index (χ2n) is 5.20. The molecule has 2 aromatic carbocycles. The van der Waals surface area contributed by atoms with Gasteiger partial charge in [-0.05, 0) is 11.5 Å². The smallest absolute Gasteiger partial charge is 0.258 e. The van der Waals surface area contributed by atoms with Crippen LogP contribution in [0.1, 0.15) is 0 Å². The van der Waals surface area contributed by atoms with Gasteiger partial charge in [0.1, 0.15) is 5.69 Å². The molecule has 116 valence electrons. The van der Waals surface area contributed by atoms with Crippen molar-refractivity contribution < 1.29 is 4.92 Å². The average Bonchev–Trinajstić information content (AvgIpc) is 3.11. The first-order chi connectivity index (χ1) is 11.7. The number of nitro benzene ring substituents is 1. The summed E-state index contributed by atoms with van der Waals surface area (Å²) < 4.78 is 0. The lowest BCUT2D eigenvalue weighted by Gasteiger charge is -2.01. The second kappa shape index (κ2) is 5.54. The monoisotopic (exact) mass is 317 g/mol. The molecule has 0 aliphatic heterocycles. The molecule has 0 bridgehead atoms. The molecule has 0 aliphatic rings. The lowest BCUT2D eigenvalue weighted by molar-refractivity contribution is -0.384. The van der Waals surface area contributed by atoms with Crippen LogP contribution in [-0.4, -0.2) is 25.1 Å². The summed E-state index contributed by atoms with van der Waals surface area (Å²) in [6.07, 6.45) is 1.72. The molecule has 4 aromatic rings. The summed E-state index contributed by atoms with van der Waals surface area (Å²) in [6, 6.07) is 16.0. The number of aromatic amines is 1. The van der Waals surface area contributed by atoms with Crippen molar-refractivity contribution in [2.45, 2.75) is 0 Å². The van der Waals surface area contributed by atoms with Crippen LogP contribution in [0.5, 0.6) is 0 Å². The maximum absolute atomic E-state index is 10.9. The highest BCUT2D eigenvalue weighted by Crippen LogP contribution is 2.26. The van der Waals surface area contributed by atoms with Crippen molar-refractivity contribution >= 4 is 16.5 Å². The van der Waals surface area contributed by atoms with E-state index in [1.54, 1.807) is 18.3 Å². The number of H-pyrrole nitrogens is 1. The summed E-state index contributed by atoms with van der Waals surface area (Å²) in [5.74, 6) is 0.914. The van der Waals surface area contributed by atoms with Gasteiger partial charge in [-0.25, -0.2) is 4.98 Å². The fourth-order valence-corrected chi connectivity index (χ4v) is 2.56. The number of rotatable bonds is 3. The van der Waals surface area contributed by atoms with Gasteiger partial charge in [-0.2, -0.15) is 5.10 Å². The van der Waals surface area contributed by atoms with Gasteiger partial charge < -0.3 is 0 Å². The topological polar surface area (TPSA) is 97.6 Å². The minimum atomic E-state index is -0.441. The fraction of sp³-hybridized carbons (Fsp3) is 0. The first-order valence-corrected chi connectivity index (χ1v) is 7.24. The van der Waals surface area contributed by atoms with E-state index in [2.05, 4.69) is 20.2 Å². The summed E-state index contributed by atoms with van der Waals surface area (Å²) in [4.78, 5) is 19.3. The first kappa shape index (κ1) is 14.0. The van der Waals surface area contributed by atoms with Crippen LogP contribution in [0.2, 0.25) is 0 Å². The van der Waals surface area contributed by atoms with Gasteiger partial charge >= 0.3 is 0 Å². The van der Waals surface area contributed by atoms with E-state index in [4.69, 9.17) is 0 Å². The summed E-state index contributed by atoms with van der Waals surface area (Å²) >= 11 is 0. The molecule has 0 saturated carbocycles. The molecule has 24 heavy (non-hydrogen) atoms. The number of nitrogens with zero attached hydrogens (tertiary/aromatic N) is 4. The molecular weight excluding hydrogens is 306 g/mol. The van der Waals surface area contributed by atoms with E-state index < -0.39 is 4.92 Å². The third kappa shape index (κ3) is 2.38. The molecule has 7 heteroatoms. The number of benzene rings is 2. The number of aromatic nitrogens is 4. The summed E-state index contributed by atoms with van der Waals surface area (Å²) in [5.41, 5.74) is 1.27. The van der Waals surface area contributed by atoms with Gasteiger partial charge in [0.25, 0.3) is 5.69 Å². The number of fused-ring (bicyclic) bond motifs is 1. The Kier molecular flexibility index (Phi) is 3.24. The number of hydrogen-bond acceptors (Lipinski definition) is 5. The predicted molar refractivity (Wildman–Crippen MR) is 89.2 cm³/mol. The first-order valence-electron chi connectivity index (χ1n) is 7.24. The van der Waals surface area contributed by atoms with Crippen molar-refractivity contribution in [3.05, 3.63) is 70.9 Å². The number of hydrogen-bond donors (Lipinski definition) is 1. The van der Waals surface area contributed by atoms with E-state index in [0.717, 1.165) is 10.8 Å². The van der Waals surface area contributed by atoms with E-state index in [-0.39, 0.29) is 5.69 Å². The predicted octanol–water partition coefficient (Wildman–Crippen LogP) is 3.60. The Labute approximate surface area is 136 Å². The van der Waals surface area contributed by atoms with Crippen LogP contribution in [0.15, 0.2) is 60.8 Å². The molecule has 0 atom stereocenters. The highest BCUT2D eigenvalue weighted by molar-refractivity contribution is 5.92. The minimum absolute atomic E-state index is 0.00198. The van der Waals surface area contributed by atoms with Crippen molar-refractivity contribution in [2.24, 2.45) is 0 Å². The Morgan fingerprint density at radius 1 is 1.04 bits per heavy atom. The number of non-ortho nitro benzene ring substituents is 1. The Balaban J connectivity index is 1.80. The maximum atomic E-state index is 10.9. The van der Waals surface area contributed by atoms with Crippen molar-refractivity contribution in [1.29, 1.82) is 0 Å². The van der Waals surface area contributed by atoms with Crippen LogP contribution in [0.3, 0.4) is 0 Å². The lowest BCUT2D eigenvalue weighted by Crippen LogP contribution is -1.89. The van der Waals surface area contributed by atoms with E-state index in [0.29, 0.717) is 22.9 Å². The normalized spacial score (nSPS) is 10.8. The SMILES string of the molecule is O=[N+]([O-])c1cccc(-c2n[nH]c(-c3nccc4ccccc34)n2)c1. The number of nitro groups is 1. The third-order valence-electron chi connectivity index (χ3n) is 3.70. The van der Waals surface area contributed by atoms with Gasteiger partial charge in [0.05, 0.1) is 4.92 Å². The minimum Gasteiger partial charge on any atom is -0.258 e. The molecule has 0 fully saturated rings. The maximum Gasteiger partial charge on any atom is 0.270 e. The fourth-order valence-electron chi connectivity index (χ4n) is 2.56. The van der Waals surface area contributed by atoms with Crippen LogP contribution in [-0.2, 0) is 0 Å². The zero-order valence-corrected chi connectivity index (χ0v) is 12.4. The van der Waals surface area contributed by atoms with Crippen molar-refractivity contribution in [3.63, 3.8) is 0 Å². The van der Waals surface area contributed by atoms with Crippen LogP contribution < -0.4 is 0 Å². The van der Waals surface area contributed by atoms with E-state index in [1.165, 1.54) is 12.1 Å². The zero-order valence-electron chi connectivity index (χ0n) is 12.4. The van der Waals surface area contributed by atoms with Gasteiger partial charge in [-0.3, -0.25) is 20.2 Å². The highest BCUT2D eigenvalue weighted by atomic mass is 16.6. The van der Waals surface area contributed by atoms with Gasteiger partial charge in [-0.1, -0.05) is 36.4 Å². The number of pyridine rings is 1. The van der Waals surface area contributed by atoms with Crippen LogP contribution in [0, 0.1) is 10.1 Å². The Morgan fingerprint density at radius 2 is 1.92 bits per heavy atom. The molecule has 0 amide bonds. The summed E-state index contributed by atoms with van der Waals surface area (Å²) in [6.45, 7) is 0. The molecule has 7 nitrogen and oxygen atoms in total. The van der Waals surface area contributed by atoms with Crippen LogP contribution in [0.4, 0.5) is 5.69 Å². The van der Waals surface area contributed by atoms with Crippen LogP contribution >= 0.6 is 0 Å². The van der Waals surface area contributed by atoms with Gasteiger partial charge in [0.2, 0.25) is 0 Å². The zero-order chi connectivity index (χ0) is 16.5. The number of nitrogens with one attached hydrogen (secondary N) is 1. The molecule has 2 aromatic heterocycles. The molecular formula is C17H11N5O2. The van der Waals surface area contributed by atoms with Gasteiger partial charge in [0, 0.05) is 29.3 Å². The van der Waals surface area contributed by atoms with Gasteiger partial charge in [0.15, 0.2) is 11.6 Å². The molecule has 0 saturated heterocycles. The highest BCUT2D eigenvalue weighted by Gasteiger charge is 2.14. The molecule has 0 radical (unpaired) electrons. The summed E-state index contributed by atoms with van der Waals surface area (Å²) in [7, 11) is 0. The third-order valence-corrected chi connectivity index (χ3v) is 3.70. The standard InChI is InChI=1S/C17H11N5O2/c23-22(24)13-6-3-5-12(10-13)16-19-17(21-20-16)15-14-7-2-1-4-11(14)8-9-18-15/h1-10H,(H,19,20,21). The van der Waals surface area contributed by atoms with Gasteiger partial charge in [-0.15, -0.1) is 0 Å². The molecule has 4 rings (SSSR count). The second-order valence-corrected chi connectivity index (χ2v) is 5.20. The molecule has 2 heterocycles. The van der Waals surface area contributed by atoms with Crippen molar-refractivity contribution in [1.82, 2.24) is 20.2 Å². The molecule has 0 aliphatic carbocycles. The Hall–Kier alpha value is -3.61. The van der Waals surface area contributed by atoms with Crippen molar-refractivity contribution in [2.75, 3.05) is 0 Å². The van der Waals surface area contributed by atoms with Crippen LogP contribution in [0.25, 0.3) is 33.7 Å². The van der Waals surface area contributed by atoms with E-state index >= 15 is 0 Å².